The molecule has 2 rings (SSSR count). The molecule has 6 heteroatoms. The van der Waals surface area contributed by atoms with Crippen molar-refractivity contribution < 1.29 is 8.42 Å². The van der Waals surface area contributed by atoms with Crippen molar-refractivity contribution in [2.24, 2.45) is 11.7 Å². The second kappa shape index (κ2) is 6.52. The van der Waals surface area contributed by atoms with Gasteiger partial charge in [-0.3, -0.25) is 4.90 Å². The Balaban J connectivity index is 1.91. The number of likely N-dealkylation sites (tertiary alicyclic amines) is 1. The van der Waals surface area contributed by atoms with Crippen molar-refractivity contribution in [1.29, 1.82) is 0 Å². The van der Waals surface area contributed by atoms with E-state index in [9.17, 15) is 8.42 Å². The van der Waals surface area contributed by atoms with Crippen molar-refractivity contribution in [3.05, 3.63) is 0 Å². The Bertz CT molecular complexity index is 385. The molecule has 0 spiro atoms. The summed E-state index contributed by atoms with van der Waals surface area (Å²) in [6.45, 7) is 4.23. The number of nitrogens with two attached hydrogens (primary N) is 1. The molecule has 0 aromatic heterocycles. The van der Waals surface area contributed by atoms with Gasteiger partial charge in [-0.15, -0.1) is 0 Å². The van der Waals surface area contributed by atoms with E-state index >= 15 is 0 Å². The second-order valence-electron chi connectivity index (χ2n) is 6.01. The molecule has 5 nitrogen and oxygen atoms in total. The minimum Gasteiger partial charge on any atom is -0.329 e. The fourth-order valence-electron chi connectivity index (χ4n) is 3.38. The third-order valence-electron chi connectivity index (χ3n) is 4.46. The Kier molecular flexibility index (Phi) is 5.22. The Hall–Kier alpha value is -0.170. The van der Waals surface area contributed by atoms with E-state index in [1.54, 1.807) is 4.31 Å². The van der Waals surface area contributed by atoms with Gasteiger partial charge in [0.05, 0.1) is 6.26 Å². The lowest BCUT2D eigenvalue weighted by Crippen LogP contribution is -2.49. The number of hydrogen-bond acceptors (Lipinski definition) is 4. The van der Waals surface area contributed by atoms with Crippen LogP contribution in [-0.4, -0.2) is 62.6 Å². The maximum atomic E-state index is 11.6. The number of hydrogen-bond donors (Lipinski definition) is 1. The molecule has 0 amide bonds. The third kappa shape index (κ3) is 4.15. The summed E-state index contributed by atoms with van der Waals surface area (Å²) in [4.78, 5) is 2.49. The van der Waals surface area contributed by atoms with E-state index < -0.39 is 10.0 Å². The molecule has 2 atom stereocenters. The Morgan fingerprint density at radius 1 is 1.16 bits per heavy atom. The van der Waals surface area contributed by atoms with E-state index in [0.717, 1.165) is 32.5 Å². The normalized spacial score (nSPS) is 31.5. The van der Waals surface area contributed by atoms with Crippen LogP contribution in [0.5, 0.6) is 0 Å². The number of piperidine rings is 2. The molecule has 19 heavy (non-hydrogen) atoms. The molecule has 2 aliphatic heterocycles. The zero-order chi connectivity index (χ0) is 13.9. The van der Waals surface area contributed by atoms with Crippen LogP contribution in [0.25, 0.3) is 0 Å². The van der Waals surface area contributed by atoms with Crippen molar-refractivity contribution in [2.45, 2.75) is 38.1 Å². The van der Waals surface area contributed by atoms with Gasteiger partial charge in [0.2, 0.25) is 10.0 Å². The number of sulfonamides is 1. The van der Waals surface area contributed by atoms with Gasteiger partial charge >= 0.3 is 0 Å². The summed E-state index contributed by atoms with van der Waals surface area (Å²) in [6.07, 6.45) is 7.16. The van der Waals surface area contributed by atoms with E-state index in [0.29, 0.717) is 25.0 Å². The van der Waals surface area contributed by atoms with Gasteiger partial charge in [0, 0.05) is 32.2 Å². The molecule has 2 N–H and O–H groups in total. The van der Waals surface area contributed by atoms with Gasteiger partial charge in [-0.1, -0.05) is 6.42 Å². The van der Waals surface area contributed by atoms with Crippen molar-refractivity contribution in [3.8, 4) is 0 Å². The zero-order valence-corrected chi connectivity index (χ0v) is 12.7. The molecule has 0 aliphatic carbocycles. The second-order valence-corrected chi connectivity index (χ2v) is 7.99. The van der Waals surface area contributed by atoms with Gasteiger partial charge in [0.25, 0.3) is 0 Å². The van der Waals surface area contributed by atoms with Crippen LogP contribution in [0.1, 0.15) is 32.1 Å². The fraction of sp³-hybridized carbons (Fsp3) is 1.00. The topological polar surface area (TPSA) is 66.6 Å². The predicted octanol–water partition coefficient (Wildman–Crippen LogP) is 0.471. The molecule has 0 radical (unpaired) electrons. The molecule has 2 saturated heterocycles. The van der Waals surface area contributed by atoms with Gasteiger partial charge in [-0.2, -0.15) is 0 Å². The van der Waals surface area contributed by atoms with Crippen molar-refractivity contribution >= 4 is 10.0 Å². The Morgan fingerprint density at radius 2 is 1.95 bits per heavy atom. The van der Waals surface area contributed by atoms with Gasteiger partial charge < -0.3 is 5.73 Å². The molecule has 2 fully saturated rings. The van der Waals surface area contributed by atoms with E-state index in [4.69, 9.17) is 5.73 Å². The van der Waals surface area contributed by atoms with Crippen LogP contribution in [0, 0.1) is 5.92 Å². The van der Waals surface area contributed by atoms with Crippen LogP contribution in [0.2, 0.25) is 0 Å². The fourth-order valence-corrected chi connectivity index (χ4v) is 4.32. The van der Waals surface area contributed by atoms with E-state index in [1.165, 1.54) is 25.5 Å². The minimum absolute atomic E-state index is 0.468. The van der Waals surface area contributed by atoms with Crippen LogP contribution < -0.4 is 5.73 Å². The van der Waals surface area contributed by atoms with Crippen molar-refractivity contribution in [2.75, 3.05) is 39.0 Å². The third-order valence-corrected chi connectivity index (χ3v) is 5.73. The summed E-state index contributed by atoms with van der Waals surface area (Å²) in [5.41, 5.74) is 5.85. The molecule has 2 aliphatic rings. The Morgan fingerprint density at radius 3 is 2.63 bits per heavy atom. The maximum absolute atomic E-state index is 11.6. The van der Waals surface area contributed by atoms with Crippen LogP contribution in [0.3, 0.4) is 0 Å². The molecule has 0 aromatic carbocycles. The maximum Gasteiger partial charge on any atom is 0.211 e. The van der Waals surface area contributed by atoms with Gasteiger partial charge in [-0.05, 0) is 38.1 Å². The first-order valence-electron chi connectivity index (χ1n) is 7.40. The molecular formula is C13H27N3O2S. The van der Waals surface area contributed by atoms with E-state index in [2.05, 4.69) is 4.90 Å². The minimum atomic E-state index is -3.03. The number of rotatable bonds is 4. The van der Waals surface area contributed by atoms with Crippen molar-refractivity contribution in [3.63, 3.8) is 0 Å². The molecule has 2 heterocycles. The van der Waals surface area contributed by atoms with Crippen LogP contribution >= 0.6 is 0 Å². The van der Waals surface area contributed by atoms with E-state index in [1.807, 2.05) is 0 Å². The summed E-state index contributed by atoms with van der Waals surface area (Å²) < 4.78 is 24.9. The highest BCUT2D eigenvalue weighted by Gasteiger charge is 2.29. The SMILES string of the molecule is CS(=O)(=O)N1CCCC(CN2CCCCC2CN)C1. The predicted molar refractivity (Wildman–Crippen MR) is 77.4 cm³/mol. The van der Waals surface area contributed by atoms with Gasteiger partial charge in [0.1, 0.15) is 0 Å². The van der Waals surface area contributed by atoms with Gasteiger partial charge in [0.15, 0.2) is 0 Å². The average molecular weight is 289 g/mol. The van der Waals surface area contributed by atoms with Crippen LogP contribution in [-0.2, 0) is 10.0 Å². The summed E-state index contributed by atoms with van der Waals surface area (Å²) in [5.74, 6) is 0.468. The highest BCUT2D eigenvalue weighted by atomic mass is 32.2. The first-order chi connectivity index (χ1) is 9.00. The molecule has 2 unspecified atom stereocenters. The monoisotopic (exact) mass is 289 g/mol. The summed E-state index contributed by atoms with van der Waals surface area (Å²) in [7, 11) is -3.03. The standard InChI is InChI=1S/C13H27N3O2S/c1-19(17,18)16-8-4-5-12(11-16)10-15-7-3-2-6-13(15)9-14/h12-13H,2-11,14H2,1H3. The number of nitrogens with zero attached hydrogens (tertiary/aromatic N) is 2. The quantitative estimate of drug-likeness (QED) is 0.817. The van der Waals surface area contributed by atoms with Crippen LogP contribution in [0.15, 0.2) is 0 Å². The largest absolute Gasteiger partial charge is 0.329 e. The smallest absolute Gasteiger partial charge is 0.211 e. The molecule has 0 aromatic rings. The molecule has 0 saturated carbocycles. The zero-order valence-electron chi connectivity index (χ0n) is 11.9. The molecular weight excluding hydrogens is 262 g/mol. The lowest BCUT2D eigenvalue weighted by atomic mass is 9.95. The van der Waals surface area contributed by atoms with E-state index in [-0.39, 0.29) is 0 Å². The van der Waals surface area contributed by atoms with Crippen LogP contribution in [0.4, 0.5) is 0 Å². The average Bonchev–Trinajstić information content (AvgIpc) is 2.39. The lowest BCUT2D eigenvalue weighted by Gasteiger charge is -2.39. The Labute approximate surface area is 117 Å². The first-order valence-corrected chi connectivity index (χ1v) is 9.25. The first kappa shape index (κ1) is 15.2. The van der Waals surface area contributed by atoms with Gasteiger partial charge in [-0.25, -0.2) is 12.7 Å². The highest BCUT2D eigenvalue weighted by molar-refractivity contribution is 7.88. The molecule has 0 bridgehead atoms. The molecule has 112 valence electrons. The summed E-state index contributed by atoms with van der Waals surface area (Å²) in [6, 6.07) is 0.502. The lowest BCUT2D eigenvalue weighted by molar-refractivity contribution is 0.109. The van der Waals surface area contributed by atoms with Crippen molar-refractivity contribution in [1.82, 2.24) is 9.21 Å². The highest BCUT2D eigenvalue weighted by Crippen LogP contribution is 2.23. The summed E-state index contributed by atoms with van der Waals surface area (Å²) >= 11 is 0. The summed E-state index contributed by atoms with van der Waals surface area (Å²) in [5, 5.41) is 0.